The first-order valence-corrected chi connectivity index (χ1v) is 7.57. The van der Waals surface area contributed by atoms with Gasteiger partial charge in [-0.15, -0.1) is 0 Å². The number of aryl methyl sites for hydroxylation is 2. The van der Waals surface area contributed by atoms with Crippen LogP contribution in [0.4, 0.5) is 17.3 Å². The minimum absolute atomic E-state index is 0.263. The Hall–Kier alpha value is -3.22. The summed E-state index contributed by atoms with van der Waals surface area (Å²) in [5.74, 6) is 1.37. The molecule has 0 saturated heterocycles. The number of aromatic nitrogens is 3. The Morgan fingerprint density at radius 1 is 1.17 bits per heavy atom. The smallest absolute Gasteiger partial charge is 0.274 e. The zero-order valence-electron chi connectivity index (χ0n) is 13.4. The Morgan fingerprint density at radius 2 is 2.00 bits per heavy atom. The van der Waals surface area contributed by atoms with Crippen molar-refractivity contribution in [3.05, 3.63) is 59.7 Å². The number of carbonyl (C=O) groups is 1. The van der Waals surface area contributed by atoms with Crippen LogP contribution in [0.5, 0.6) is 0 Å². The summed E-state index contributed by atoms with van der Waals surface area (Å²) in [4.78, 5) is 20.5. The molecule has 2 N–H and O–H groups in total. The number of hydrogen-bond donors (Lipinski definition) is 2. The van der Waals surface area contributed by atoms with Crippen LogP contribution in [-0.2, 0) is 6.42 Å². The van der Waals surface area contributed by atoms with Gasteiger partial charge >= 0.3 is 0 Å². The van der Waals surface area contributed by atoms with Gasteiger partial charge in [0, 0.05) is 17.8 Å². The average Bonchev–Trinajstić information content (AvgIpc) is 3.00. The van der Waals surface area contributed by atoms with Crippen LogP contribution in [0.2, 0.25) is 0 Å². The highest BCUT2D eigenvalue weighted by atomic mass is 16.5. The van der Waals surface area contributed by atoms with E-state index in [1.54, 1.807) is 19.1 Å². The van der Waals surface area contributed by atoms with Crippen molar-refractivity contribution in [2.75, 3.05) is 10.6 Å². The molecule has 0 bridgehead atoms. The van der Waals surface area contributed by atoms with Gasteiger partial charge < -0.3 is 15.2 Å². The average molecular weight is 323 g/mol. The van der Waals surface area contributed by atoms with E-state index in [-0.39, 0.29) is 11.6 Å². The van der Waals surface area contributed by atoms with Crippen molar-refractivity contribution in [3.8, 4) is 0 Å². The van der Waals surface area contributed by atoms with Crippen molar-refractivity contribution in [1.82, 2.24) is 15.1 Å². The Morgan fingerprint density at radius 3 is 2.75 bits per heavy atom. The fourth-order valence-electron chi connectivity index (χ4n) is 2.24. The van der Waals surface area contributed by atoms with E-state index in [4.69, 9.17) is 4.52 Å². The van der Waals surface area contributed by atoms with E-state index in [2.05, 4.69) is 25.8 Å². The molecule has 122 valence electrons. The molecular formula is C17H17N5O2. The molecule has 0 aliphatic rings. The summed E-state index contributed by atoms with van der Waals surface area (Å²) in [7, 11) is 0. The topological polar surface area (TPSA) is 92.9 Å². The molecule has 2 heterocycles. The summed E-state index contributed by atoms with van der Waals surface area (Å²) in [5.41, 5.74) is 2.11. The number of rotatable bonds is 5. The first kappa shape index (κ1) is 15.7. The molecule has 0 radical (unpaired) electrons. The van der Waals surface area contributed by atoms with Gasteiger partial charge in [-0.25, -0.2) is 9.97 Å². The summed E-state index contributed by atoms with van der Waals surface area (Å²) < 4.78 is 4.98. The van der Waals surface area contributed by atoms with Crippen molar-refractivity contribution >= 4 is 23.2 Å². The number of benzene rings is 1. The second kappa shape index (κ2) is 6.91. The lowest BCUT2D eigenvalue weighted by atomic mass is 10.1. The van der Waals surface area contributed by atoms with E-state index in [9.17, 15) is 4.79 Å². The lowest BCUT2D eigenvalue weighted by Gasteiger charge is -2.09. The fraction of sp³-hybridized carbons (Fsp3) is 0.176. The third-order valence-corrected chi connectivity index (χ3v) is 3.43. The minimum atomic E-state index is -0.294. The van der Waals surface area contributed by atoms with E-state index in [1.165, 1.54) is 6.33 Å². The number of nitrogens with one attached hydrogen (secondary N) is 2. The molecule has 0 unspecified atom stereocenters. The van der Waals surface area contributed by atoms with Gasteiger partial charge in [-0.1, -0.05) is 30.3 Å². The van der Waals surface area contributed by atoms with Gasteiger partial charge in [-0.05, 0) is 25.0 Å². The van der Waals surface area contributed by atoms with Crippen molar-refractivity contribution in [1.29, 1.82) is 0 Å². The van der Waals surface area contributed by atoms with E-state index >= 15 is 0 Å². The second-order valence-electron chi connectivity index (χ2n) is 5.20. The molecule has 0 aliphatic heterocycles. The second-order valence-corrected chi connectivity index (χ2v) is 5.20. The van der Waals surface area contributed by atoms with Crippen molar-refractivity contribution in [3.63, 3.8) is 0 Å². The van der Waals surface area contributed by atoms with Crippen molar-refractivity contribution in [2.24, 2.45) is 0 Å². The molecule has 2 aromatic heterocycles. The van der Waals surface area contributed by atoms with E-state index in [0.717, 1.165) is 17.7 Å². The van der Waals surface area contributed by atoms with Crippen LogP contribution in [0.25, 0.3) is 0 Å². The molecule has 7 nitrogen and oxygen atoms in total. The summed E-state index contributed by atoms with van der Waals surface area (Å²) >= 11 is 0. The molecule has 3 aromatic rings. The van der Waals surface area contributed by atoms with Crippen LogP contribution in [0, 0.1) is 6.92 Å². The number of hydrogen-bond acceptors (Lipinski definition) is 6. The van der Waals surface area contributed by atoms with Gasteiger partial charge in [0.2, 0.25) is 0 Å². The number of carbonyl (C=O) groups excluding carboxylic acids is 1. The highest BCUT2D eigenvalue weighted by Gasteiger charge is 2.11. The SMILES string of the molecule is CCc1ccccc1NC(=O)c1cc(Nc2cc(C)on2)ncn1. The maximum absolute atomic E-state index is 12.4. The predicted octanol–water partition coefficient (Wildman–Crippen LogP) is 3.33. The summed E-state index contributed by atoms with van der Waals surface area (Å²) in [6.45, 7) is 3.83. The maximum Gasteiger partial charge on any atom is 0.274 e. The zero-order chi connectivity index (χ0) is 16.9. The van der Waals surface area contributed by atoms with Crippen LogP contribution in [-0.4, -0.2) is 21.0 Å². The zero-order valence-corrected chi connectivity index (χ0v) is 13.4. The van der Waals surface area contributed by atoms with E-state index in [0.29, 0.717) is 17.4 Å². The Labute approximate surface area is 139 Å². The lowest BCUT2D eigenvalue weighted by molar-refractivity contribution is 0.102. The Bertz CT molecular complexity index is 859. The summed E-state index contributed by atoms with van der Waals surface area (Å²) in [5, 5.41) is 9.68. The van der Waals surface area contributed by atoms with Gasteiger partial charge in [-0.3, -0.25) is 4.79 Å². The third-order valence-electron chi connectivity index (χ3n) is 3.43. The molecule has 3 rings (SSSR count). The number of amides is 1. The fourth-order valence-corrected chi connectivity index (χ4v) is 2.24. The monoisotopic (exact) mass is 323 g/mol. The number of anilines is 3. The van der Waals surface area contributed by atoms with Gasteiger partial charge in [0.05, 0.1) is 0 Å². The standard InChI is InChI=1S/C17H17N5O2/c1-3-12-6-4-5-7-13(12)20-17(23)14-9-15(19-10-18-14)21-16-8-11(2)24-22-16/h4-10H,3H2,1-2H3,(H,20,23)(H,18,19,21,22). The molecule has 0 aliphatic carbocycles. The minimum Gasteiger partial charge on any atom is -0.360 e. The third kappa shape index (κ3) is 3.57. The van der Waals surface area contributed by atoms with E-state index in [1.807, 2.05) is 31.2 Å². The summed E-state index contributed by atoms with van der Waals surface area (Å²) in [6, 6.07) is 11.0. The largest absolute Gasteiger partial charge is 0.360 e. The number of nitrogens with zero attached hydrogens (tertiary/aromatic N) is 3. The number of para-hydroxylation sites is 1. The van der Waals surface area contributed by atoms with Crippen LogP contribution < -0.4 is 10.6 Å². The Kier molecular flexibility index (Phi) is 4.51. The van der Waals surface area contributed by atoms with Gasteiger partial charge in [-0.2, -0.15) is 0 Å². The molecule has 0 atom stereocenters. The molecule has 0 spiro atoms. The van der Waals surface area contributed by atoms with Gasteiger partial charge in [0.15, 0.2) is 5.82 Å². The van der Waals surface area contributed by atoms with Crippen LogP contribution in [0.3, 0.4) is 0 Å². The molecule has 1 amide bonds. The van der Waals surface area contributed by atoms with Crippen molar-refractivity contribution < 1.29 is 9.32 Å². The first-order valence-electron chi connectivity index (χ1n) is 7.57. The molecule has 7 heteroatoms. The predicted molar refractivity (Wildman–Crippen MR) is 90.3 cm³/mol. The maximum atomic E-state index is 12.4. The Balaban J connectivity index is 1.76. The lowest BCUT2D eigenvalue weighted by Crippen LogP contribution is -2.15. The molecule has 1 aromatic carbocycles. The van der Waals surface area contributed by atoms with Gasteiger partial charge in [0.1, 0.15) is 23.6 Å². The normalized spacial score (nSPS) is 10.4. The van der Waals surface area contributed by atoms with Crippen LogP contribution >= 0.6 is 0 Å². The molecule has 24 heavy (non-hydrogen) atoms. The van der Waals surface area contributed by atoms with E-state index < -0.39 is 0 Å². The highest BCUT2D eigenvalue weighted by Crippen LogP contribution is 2.18. The summed E-state index contributed by atoms with van der Waals surface area (Å²) in [6.07, 6.45) is 2.16. The highest BCUT2D eigenvalue weighted by molar-refractivity contribution is 6.03. The quantitative estimate of drug-likeness (QED) is 0.748. The molecular weight excluding hydrogens is 306 g/mol. The molecule has 0 fully saturated rings. The van der Waals surface area contributed by atoms with Gasteiger partial charge in [0.25, 0.3) is 5.91 Å². The molecule has 0 saturated carbocycles. The first-order chi connectivity index (χ1) is 11.7. The van der Waals surface area contributed by atoms with Crippen LogP contribution in [0.1, 0.15) is 28.7 Å². The van der Waals surface area contributed by atoms with Crippen molar-refractivity contribution in [2.45, 2.75) is 20.3 Å². The van der Waals surface area contributed by atoms with Crippen LogP contribution in [0.15, 0.2) is 47.2 Å².